The number of nitrogens with zero attached hydrogens (tertiary/aromatic N) is 2. The molecule has 2 amide bonds. The number of carbonyl (C=O) groups excluding carboxylic acids is 2. The molecule has 0 aliphatic carbocycles. The second-order valence-electron chi connectivity index (χ2n) is 10.0. The molecule has 0 radical (unpaired) electrons. The summed E-state index contributed by atoms with van der Waals surface area (Å²) in [5, 5.41) is 10.0. The molecular weight excluding hydrogens is 520 g/mol. The van der Waals surface area contributed by atoms with Gasteiger partial charge in [0, 0.05) is 35.7 Å². The third-order valence-electron chi connectivity index (χ3n) is 7.07. The van der Waals surface area contributed by atoms with Crippen LogP contribution in [0, 0.1) is 12.8 Å². The predicted molar refractivity (Wildman–Crippen MR) is 146 cm³/mol. The van der Waals surface area contributed by atoms with Gasteiger partial charge in [-0.3, -0.25) is 19.8 Å². The molecule has 208 valence electrons. The highest BCUT2D eigenvalue weighted by atomic mass is 32.2. The third kappa shape index (κ3) is 6.38. The van der Waals surface area contributed by atoms with Crippen LogP contribution in [-0.4, -0.2) is 54.0 Å². The summed E-state index contributed by atoms with van der Waals surface area (Å²) < 4.78 is 35.1. The number of ether oxygens (including phenoxy) is 1. The highest BCUT2D eigenvalue weighted by Gasteiger charge is 2.49. The van der Waals surface area contributed by atoms with E-state index in [0.29, 0.717) is 18.6 Å². The number of hydroxylamine groups is 1. The Labute approximate surface area is 228 Å². The van der Waals surface area contributed by atoms with Crippen molar-refractivity contribution < 1.29 is 28.0 Å². The molecule has 1 aromatic heterocycles. The van der Waals surface area contributed by atoms with Crippen molar-refractivity contribution in [1.82, 2.24) is 20.1 Å². The van der Waals surface area contributed by atoms with Crippen LogP contribution in [0.4, 0.5) is 0 Å². The molecule has 11 heteroatoms. The summed E-state index contributed by atoms with van der Waals surface area (Å²) in [7, 11) is -4.04. The minimum Gasteiger partial charge on any atom is -0.489 e. The molecule has 10 nitrogen and oxygen atoms in total. The zero-order valence-corrected chi connectivity index (χ0v) is 23.1. The van der Waals surface area contributed by atoms with Gasteiger partial charge in [0.25, 0.3) is 0 Å². The summed E-state index contributed by atoms with van der Waals surface area (Å²) in [6.45, 7) is 6.13. The van der Waals surface area contributed by atoms with E-state index in [4.69, 9.17) is 9.94 Å². The largest absolute Gasteiger partial charge is 0.489 e. The van der Waals surface area contributed by atoms with Gasteiger partial charge in [0.15, 0.2) is 0 Å². The topological polar surface area (TPSA) is 138 Å². The zero-order valence-electron chi connectivity index (χ0n) is 22.3. The third-order valence-corrected chi connectivity index (χ3v) is 8.66. The molecule has 2 heterocycles. The number of pyridine rings is 1. The first kappa shape index (κ1) is 28.5. The van der Waals surface area contributed by atoms with Gasteiger partial charge >= 0.3 is 0 Å². The summed E-state index contributed by atoms with van der Waals surface area (Å²) >= 11 is 0. The SMILES string of the molecule is CCC(CC)C(=O)N1CC(CC(=O)NO)(NS(=O)(=O)c2ccc(OCc3cc(C)nc4ccccc34)cc2)C1. The first-order chi connectivity index (χ1) is 18.6. The second kappa shape index (κ2) is 11.7. The molecule has 0 atom stereocenters. The van der Waals surface area contributed by atoms with Gasteiger partial charge < -0.3 is 9.64 Å². The van der Waals surface area contributed by atoms with Crippen LogP contribution in [0.5, 0.6) is 5.75 Å². The fourth-order valence-corrected chi connectivity index (χ4v) is 6.41. The van der Waals surface area contributed by atoms with Crippen LogP contribution >= 0.6 is 0 Å². The molecule has 1 saturated heterocycles. The lowest BCUT2D eigenvalue weighted by molar-refractivity contribution is -0.147. The Bertz CT molecular complexity index is 1450. The minimum absolute atomic E-state index is 0.00592. The van der Waals surface area contributed by atoms with Crippen molar-refractivity contribution in [2.75, 3.05) is 13.1 Å². The van der Waals surface area contributed by atoms with Crippen molar-refractivity contribution in [2.24, 2.45) is 5.92 Å². The van der Waals surface area contributed by atoms with Crippen LogP contribution < -0.4 is 14.9 Å². The molecule has 0 bridgehead atoms. The quantitative estimate of drug-likeness (QED) is 0.244. The lowest BCUT2D eigenvalue weighted by Crippen LogP contribution is -2.72. The molecule has 39 heavy (non-hydrogen) atoms. The highest BCUT2D eigenvalue weighted by Crippen LogP contribution is 2.30. The van der Waals surface area contributed by atoms with Gasteiger partial charge in [-0.2, -0.15) is 0 Å². The number of benzene rings is 2. The maximum Gasteiger partial charge on any atom is 0.245 e. The lowest BCUT2D eigenvalue weighted by atomic mass is 9.85. The van der Waals surface area contributed by atoms with Crippen molar-refractivity contribution >= 4 is 32.7 Å². The number of nitrogens with one attached hydrogen (secondary N) is 2. The normalized spacial score (nSPS) is 14.7. The Morgan fingerprint density at radius 1 is 1.10 bits per heavy atom. The standard InChI is InChI=1S/C28H34N4O6S/c1-4-20(5-2)27(34)32-17-28(18-32,15-26(33)30-35)31-39(36,37)23-12-10-22(11-13-23)38-16-21-14-19(3)29-25-9-7-6-8-24(21)25/h6-14,20,31,35H,4-5,15-18H2,1-3H3,(H,30,33). The molecule has 1 aliphatic rings. The Kier molecular flexibility index (Phi) is 8.53. The Balaban J connectivity index is 1.46. The number of fused-ring (bicyclic) bond motifs is 1. The average Bonchev–Trinajstić information content (AvgIpc) is 2.90. The first-order valence-corrected chi connectivity index (χ1v) is 14.4. The fourth-order valence-electron chi connectivity index (χ4n) is 5.03. The average molecular weight is 555 g/mol. The molecule has 0 unspecified atom stereocenters. The minimum atomic E-state index is -4.04. The van der Waals surface area contributed by atoms with E-state index in [-0.39, 0.29) is 42.8 Å². The number of para-hydroxylation sites is 1. The molecular formula is C28H34N4O6S. The molecule has 1 aliphatic heterocycles. The summed E-state index contributed by atoms with van der Waals surface area (Å²) in [4.78, 5) is 30.8. The molecule has 4 rings (SSSR count). The van der Waals surface area contributed by atoms with E-state index in [1.165, 1.54) is 12.1 Å². The van der Waals surface area contributed by atoms with Crippen LogP contribution in [0.1, 0.15) is 44.4 Å². The molecule has 0 saturated carbocycles. The predicted octanol–water partition coefficient (Wildman–Crippen LogP) is 3.31. The number of hydrogen-bond donors (Lipinski definition) is 3. The van der Waals surface area contributed by atoms with Crippen LogP contribution in [-0.2, 0) is 26.2 Å². The highest BCUT2D eigenvalue weighted by molar-refractivity contribution is 7.89. The summed E-state index contributed by atoms with van der Waals surface area (Å²) in [6.07, 6.45) is 1.04. The Hall–Kier alpha value is -3.54. The van der Waals surface area contributed by atoms with Crippen LogP contribution in [0.2, 0.25) is 0 Å². The number of hydrogen-bond acceptors (Lipinski definition) is 7. The number of aryl methyl sites for hydroxylation is 1. The summed E-state index contributed by atoms with van der Waals surface area (Å²) in [5.41, 5.74) is 3.06. The molecule has 0 spiro atoms. The smallest absolute Gasteiger partial charge is 0.245 e. The van der Waals surface area contributed by atoms with Gasteiger partial charge in [0.1, 0.15) is 12.4 Å². The van der Waals surface area contributed by atoms with E-state index in [2.05, 4.69) is 9.71 Å². The van der Waals surface area contributed by atoms with E-state index >= 15 is 0 Å². The number of aromatic nitrogens is 1. The van der Waals surface area contributed by atoms with Crippen molar-refractivity contribution in [3.05, 3.63) is 65.9 Å². The number of sulfonamides is 1. The number of carbonyl (C=O) groups is 2. The van der Waals surface area contributed by atoms with E-state index in [9.17, 15) is 18.0 Å². The molecule has 3 aromatic rings. The van der Waals surface area contributed by atoms with Crippen molar-refractivity contribution in [2.45, 2.75) is 57.1 Å². The number of likely N-dealkylation sites (tertiary alicyclic amines) is 1. The van der Waals surface area contributed by atoms with Crippen molar-refractivity contribution in [3.8, 4) is 5.75 Å². The van der Waals surface area contributed by atoms with Crippen LogP contribution in [0.15, 0.2) is 59.5 Å². The van der Waals surface area contributed by atoms with E-state index in [0.717, 1.165) is 22.2 Å². The van der Waals surface area contributed by atoms with Gasteiger partial charge in [-0.05, 0) is 56.2 Å². The van der Waals surface area contributed by atoms with Crippen LogP contribution in [0.25, 0.3) is 10.9 Å². The number of rotatable bonds is 11. The van der Waals surface area contributed by atoms with E-state index in [1.807, 2.05) is 51.1 Å². The summed E-state index contributed by atoms with van der Waals surface area (Å²) in [5.74, 6) is -0.479. The molecule has 2 aromatic carbocycles. The van der Waals surface area contributed by atoms with Gasteiger partial charge in [0.2, 0.25) is 21.8 Å². The maximum atomic E-state index is 13.3. The fraction of sp³-hybridized carbons (Fsp3) is 0.393. The first-order valence-electron chi connectivity index (χ1n) is 12.9. The van der Waals surface area contributed by atoms with E-state index < -0.39 is 21.5 Å². The Morgan fingerprint density at radius 2 is 1.77 bits per heavy atom. The molecule has 1 fully saturated rings. The van der Waals surface area contributed by atoms with Gasteiger partial charge in [-0.25, -0.2) is 18.6 Å². The Morgan fingerprint density at radius 3 is 2.41 bits per heavy atom. The maximum absolute atomic E-state index is 13.3. The number of amides is 2. The van der Waals surface area contributed by atoms with Crippen LogP contribution in [0.3, 0.4) is 0 Å². The summed E-state index contributed by atoms with van der Waals surface area (Å²) in [6, 6.07) is 15.8. The zero-order chi connectivity index (χ0) is 28.2. The van der Waals surface area contributed by atoms with Crippen molar-refractivity contribution in [3.63, 3.8) is 0 Å². The van der Waals surface area contributed by atoms with Gasteiger partial charge in [-0.1, -0.05) is 32.0 Å². The lowest BCUT2D eigenvalue weighted by Gasteiger charge is -2.50. The van der Waals surface area contributed by atoms with Crippen molar-refractivity contribution in [1.29, 1.82) is 0 Å². The van der Waals surface area contributed by atoms with E-state index in [1.54, 1.807) is 22.5 Å². The van der Waals surface area contributed by atoms with Gasteiger partial charge in [-0.15, -0.1) is 0 Å². The van der Waals surface area contributed by atoms with Gasteiger partial charge in [0.05, 0.1) is 22.4 Å². The monoisotopic (exact) mass is 554 g/mol. The molecule has 3 N–H and O–H groups in total. The second-order valence-corrected chi connectivity index (χ2v) is 11.7.